The molecule has 0 spiro atoms. The molecule has 1 aliphatic rings. The summed E-state index contributed by atoms with van der Waals surface area (Å²) in [4.78, 5) is 2.43. The molecule has 0 aromatic heterocycles. The summed E-state index contributed by atoms with van der Waals surface area (Å²) in [5, 5.41) is 0. The first-order valence-corrected chi connectivity index (χ1v) is 6.70. The van der Waals surface area contributed by atoms with Gasteiger partial charge in [0.1, 0.15) is 5.82 Å². The van der Waals surface area contributed by atoms with Crippen molar-refractivity contribution in [2.45, 2.75) is 32.7 Å². The highest BCUT2D eigenvalue weighted by Crippen LogP contribution is 2.29. The van der Waals surface area contributed by atoms with Crippen molar-refractivity contribution in [1.29, 1.82) is 0 Å². The molecule has 0 saturated carbocycles. The molecule has 0 bridgehead atoms. The van der Waals surface area contributed by atoms with Crippen LogP contribution in [0.4, 0.5) is 4.39 Å². The molecule has 18 heavy (non-hydrogen) atoms. The molecular formula is C15H23FN2. The van der Waals surface area contributed by atoms with Crippen molar-refractivity contribution in [3.05, 3.63) is 35.6 Å². The van der Waals surface area contributed by atoms with E-state index < -0.39 is 0 Å². The molecule has 1 fully saturated rings. The van der Waals surface area contributed by atoms with Gasteiger partial charge in [0, 0.05) is 19.1 Å². The first-order chi connectivity index (χ1) is 8.46. The molecule has 2 rings (SSSR count). The largest absolute Gasteiger partial charge is 0.323 e. The number of nitrogens with zero attached hydrogens (tertiary/aromatic N) is 1. The Bertz CT molecular complexity index is 386. The zero-order valence-corrected chi connectivity index (χ0v) is 11.3. The molecule has 1 aromatic carbocycles. The van der Waals surface area contributed by atoms with Crippen molar-refractivity contribution in [2.75, 3.05) is 19.6 Å². The third kappa shape index (κ3) is 3.53. The Kier molecular flexibility index (Phi) is 4.03. The summed E-state index contributed by atoms with van der Waals surface area (Å²) in [6, 6.07) is 6.51. The second-order valence-electron chi connectivity index (χ2n) is 6.16. The van der Waals surface area contributed by atoms with Crippen LogP contribution in [0.3, 0.4) is 0 Å². The van der Waals surface area contributed by atoms with E-state index in [4.69, 9.17) is 5.73 Å². The van der Waals surface area contributed by atoms with Crippen LogP contribution in [0, 0.1) is 11.2 Å². The number of likely N-dealkylation sites (tertiary alicyclic amines) is 1. The van der Waals surface area contributed by atoms with Gasteiger partial charge in [-0.05, 0) is 42.5 Å². The van der Waals surface area contributed by atoms with E-state index in [0.717, 1.165) is 25.2 Å². The average molecular weight is 250 g/mol. The monoisotopic (exact) mass is 250 g/mol. The fourth-order valence-corrected chi connectivity index (χ4v) is 2.79. The molecule has 1 atom stereocenters. The van der Waals surface area contributed by atoms with E-state index >= 15 is 0 Å². The Morgan fingerprint density at radius 3 is 2.61 bits per heavy atom. The molecule has 0 radical (unpaired) electrons. The van der Waals surface area contributed by atoms with Crippen LogP contribution < -0.4 is 5.73 Å². The Balaban J connectivity index is 1.94. The number of rotatable bonds is 3. The van der Waals surface area contributed by atoms with E-state index in [9.17, 15) is 4.39 Å². The lowest BCUT2D eigenvalue weighted by atomic mass is 9.84. The van der Waals surface area contributed by atoms with Crippen LogP contribution in [0.25, 0.3) is 0 Å². The Hall–Kier alpha value is -0.930. The zero-order valence-electron chi connectivity index (χ0n) is 11.3. The summed E-state index contributed by atoms with van der Waals surface area (Å²) in [6.45, 7) is 7.69. The topological polar surface area (TPSA) is 29.3 Å². The lowest BCUT2D eigenvalue weighted by Crippen LogP contribution is -2.43. The van der Waals surface area contributed by atoms with Gasteiger partial charge in [0.15, 0.2) is 0 Å². The van der Waals surface area contributed by atoms with Crippen LogP contribution in [0.5, 0.6) is 0 Å². The quantitative estimate of drug-likeness (QED) is 0.893. The molecule has 3 heteroatoms. The predicted octanol–water partition coefficient (Wildman–Crippen LogP) is 2.95. The molecule has 1 aliphatic heterocycles. The minimum Gasteiger partial charge on any atom is -0.323 e. The van der Waals surface area contributed by atoms with E-state index in [0.29, 0.717) is 5.41 Å². The second-order valence-corrected chi connectivity index (χ2v) is 6.16. The van der Waals surface area contributed by atoms with Crippen LogP contribution >= 0.6 is 0 Å². The molecular weight excluding hydrogens is 227 g/mol. The zero-order chi connectivity index (χ0) is 13.2. The summed E-state index contributed by atoms with van der Waals surface area (Å²) in [5.41, 5.74) is 7.60. The maximum atomic E-state index is 12.9. The summed E-state index contributed by atoms with van der Waals surface area (Å²) in [6.07, 6.45) is 2.53. The van der Waals surface area contributed by atoms with Crippen LogP contribution in [0.1, 0.15) is 38.3 Å². The highest BCUT2D eigenvalue weighted by atomic mass is 19.1. The summed E-state index contributed by atoms with van der Waals surface area (Å²) >= 11 is 0. The third-order valence-corrected chi connectivity index (χ3v) is 3.73. The van der Waals surface area contributed by atoms with E-state index in [1.54, 1.807) is 12.1 Å². The van der Waals surface area contributed by atoms with Crippen molar-refractivity contribution in [1.82, 2.24) is 4.90 Å². The van der Waals surface area contributed by atoms with Gasteiger partial charge in [-0.1, -0.05) is 26.0 Å². The van der Waals surface area contributed by atoms with Crippen LogP contribution in [0.15, 0.2) is 24.3 Å². The van der Waals surface area contributed by atoms with Gasteiger partial charge in [-0.25, -0.2) is 4.39 Å². The molecule has 1 saturated heterocycles. The fourth-order valence-electron chi connectivity index (χ4n) is 2.79. The Morgan fingerprint density at radius 1 is 1.33 bits per heavy atom. The van der Waals surface area contributed by atoms with Crippen molar-refractivity contribution < 1.29 is 4.39 Å². The summed E-state index contributed by atoms with van der Waals surface area (Å²) in [7, 11) is 0. The van der Waals surface area contributed by atoms with E-state index in [1.807, 2.05) is 0 Å². The van der Waals surface area contributed by atoms with Crippen LogP contribution in [0.2, 0.25) is 0 Å². The highest BCUT2D eigenvalue weighted by Gasteiger charge is 2.27. The fraction of sp³-hybridized carbons (Fsp3) is 0.600. The van der Waals surface area contributed by atoms with Gasteiger partial charge in [-0.2, -0.15) is 0 Å². The van der Waals surface area contributed by atoms with Crippen molar-refractivity contribution in [3.8, 4) is 0 Å². The number of hydrogen-bond acceptors (Lipinski definition) is 2. The van der Waals surface area contributed by atoms with Gasteiger partial charge in [-0.3, -0.25) is 0 Å². The molecule has 2 nitrogen and oxygen atoms in total. The van der Waals surface area contributed by atoms with Gasteiger partial charge in [-0.15, -0.1) is 0 Å². The highest BCUT2D eigenvalue weighted by molar-refractivity contribution is 5.19. The van der Waals surface area contributed by atoms with Crippen molar-refractivity contribution in [2.24, 2.45) is 11.1 Å². The number of nitrogens with two attached hydrogens (primary N) is 1. The average Bonchev–Trinajstić information content (AvgIpc) is 2.28. The normalized spacial score (nSPS) is 21.8. The van der Waals surface area contributed by atoms with Crippen molar-refractivity contribution >= 4 is 0 Å². The number of hydrogen-bond donors (Lipinski definition) is 1. The SMILES string of the molecule is CC1(C)CCCN(CC(N)c2ccc(F)cc2)C1. The lowest BCUT2D eigenvalue weighted by molar-refractivity contribution is 0.112. The van der Waals surface area contributed by atoms with Gasteiger partial charge < -0.3 is 10.6 Å². The smallest absolute Gasteiger partial charge is 0.123 e. The van der Waals surface area contributed by atoms with Crippen molar-refractivity contribution in [3.63, 3.8) is 0 Å². The maximum absolute atomic E-state index is 12.9. The predicted molar refractivity (Wildman–Crippen MR) is 72.8 cm³/mol. The molecule has 100 valence electrons. The third-order valence-electron chi connectivity index (χ3n) is 3.73. The number of benzene rings is 1. The maximum Gasteiger partial charge on any atom is 0.123 e. The van der Waals surface area contributed by atoms with Gasteiger partial charge in [0.25, 0.3) is 0 Å². The minimum absolute atomic E-state index is 0.0282. The Labute approximate surface area is 109 Å². The van der Waals surface area contributed by atoms with E-state index in [-0.39, 0.29) is 11.9 Å². The first-order valence-electron chi connectivity index (χ1n) is 6.70. The first kappa shape index (κ1) is 13.5. The molecule has 0 amide bonds. The summed E-state index contributed by atoms with van der Waals surface area (Å²) in [5.74, 6) is -0.204. The van der Waals surface area contributed by atoms with Gasteiger partial charge in [0.05, 0.1) is 0 Å². The summed E-state index contributed by atoms with van der Waals surface area (Å²) < 4.78 is 12.9. The van der Waals surface area contributed by atoms with E-state index in [1.165, 1.54) is 25.0 Å². The molecule has 2 N–H and O–H groups in total. The molecule has 1 heterocycles. The Morgan fingerprint density at radius 2 is 2.00 bits per heavy atom. The molecule has 0 aliphatic carbocycles. The van der Waals surface area contributed by atoms with Gasteiger partial charge >= 0.3 is 0 Å². The molecule has 1 unspecified atom stereocenters. The van der Waals surface area contributed by atoms with Crippen LogP contribution in [-0.4, -0.2) is 24.5 Å². The standard InChI is InChI=1S/C15H23FN2/c1-15(2)8-3-9-18(11-15)10-14(17)12-4-6-13(16)7-5-12/h4-7,14H,3,8-11,17H2,1-2H3. The lowest BCUT2D eigenvalue weighted by Gasteiger charge is -2.39. The van der Waals surface area contributed by atoms with Crippen LogP contribution in [-0.2, 0) is 0 Å². The second kappa shape index (κ2) is 5.37. The van der Waals surface area contributed by atoms with Gasteiger partial charge in [0.2, 0.25) is 0 Å². The number of piperidine rings is 1. The molecule has 1 aromatic rings. The van der Waals surface area contributed by atoms with E-state index in [2.05, 4.69) is 18.7 Å². The minimum atomic E-state index is -0.204. The number of halogens is 1.